The lowest BCUT2D eigenvalue weighted by molar-refractivity contribution is -0.146. The molecule has 0 aliphatic heterocycles. The van der Waals surface area contributed by atoms with Crippen LogP contribution in [0.25, 0.3) is 0 Å². The van der Waals surface area contributed by atoms with Crippen LogP contribution in [0, 0.1) is 17.8 Å². The first-order chi connectivity index (χ1) is 12.9. The molecule has 0 saturated heterocycles. The zero-order valence-corrected chi connectivity index (χ0v) is 16.3. The minimum absolute atomic E-state index is 0.0652. The lowest BCUT2D eigenvalue weighted by Crippen LogP contribution is -2.18. The number of rotatable bonds is 13. The largest absolute Gasteiger partial charge is 0.479 e. The molecule has 1 fully saturated rings. The van der Waals surface area contributed by atoms with E-state index in [0.717, 1.165) is 25.7 Å². The predicted molar refractivity (Wildman–Crippen MR) is 105 cm³/mol. The molecule has 1 rings (SSSR count). The summed E-state index contributed by atoms with van der Waals surface area (Å²) < 4.78 is 13.5. The van der Waals surface area contributed by atoms with Crippen LogP contribution in [0.5, 0.6) is 0 Å². The van der Waals surface area contributed by atoms with Crippen molar-refractivity contribution < 1.29 is 24.2 Å². The fourth-order valence-corrected chi connectivity index (χ4v) is 3.48. The Kier molecular flexibility index (Phi) is 10.9. The molecule has 0 bridgehead atoms. The van der Waals surface area contributed by atoms with Crippen molar-refractivity contribution >= 4 is 11.8 Å². The smallest absolute Gasteiger partial charge is 0.332 e. The monoisotopic (exact) mass is 380 g/mol. The maximum atomic E-state index is 13.5. The highest BCUT2D eigenvalue weighted by Crippen LogP contribution is 2.33. The van der Waals surface area contributed by atoms with E-state index in [1.807, 2.05) is 18.2 Å². The molecule has 1 aliphatic carbocycles. The van der Waals surface area contributed by atoms with Gasteiger partial charge in [-0.05, 0) is 44.4 Å². The molecule has 1 saturated carbocycles. The van der Waals surface area contributed by atoms with Crippen molar-refractivity contribution in [1.29, 1.82) is 0 Å². The second-order valence-corrected chi connectivity index (χ2v) is 7.36. The number of unbranched alkanes of at least 4 members (excludes halogenated alkanes) is 1. The van der Waals surface area contributed by atoms with Crippen LogP contribution in [0.3, 0.4) is 0 Å². The van der Waals surface area contributed by atoms with Gasteiger partial charge in [0, 0.05) is 18.3 Å². The van der Waals surface area contributed by atoms with Gasteiger partial charge in [0.05, 0.1) is 5.83 Å². The highest BCUT2D eigenvalue weighted by Gasteiger charge is 2.31. The number of carboxylic acid groups (broad SMARTS) is 1. The molecule has 4 nitrogen and oxygen atoms in total. The number of carbonyl (C=O) groups excluding carboxylic acids is 1. The van der Waals surface area contributed by atoms with Crippen molar-refractivity contribution in [2.75, 3.05) is 0 Å². The van der Waals surface area contributed by atoms with Gasteiger partial charge in [-0.1, -0.05) is 50.6 Å². The number of aliphatic carboxylic acids is 1. The maximum absolute atomic E-state index is 13.5. The van der Waals surface area contributed by atoms with Crippen molar-refractivity contribution in [2.24, 2.45) is 17.8 Å². The van der Waals surface area contributed by atoms with E-state index in [-0.39, 0.29) is 35.8 Å². The summed E-state index contributed by atoms with van der Waals surface area (Å²) in [6.45, 7) is 5.53. The first-order valence-corrected chi connectivity index (χ1v) is 9.96. The van der Waals surface area contributed by atoms with E-state index in [2.05, 4.69) is 19.6 Å². The van der Waals surface area contributed by atoms with E-state index >= 15 is 0 Å². The Hall–Kier alpha value is -1.75. The number of aliphatic hydroxyl groups is 1. The fraction of sp³-hybridized carbons (Fsp3) is 0.636. The summed E-state index contributed by atoms with van der Waals surface area (Å²) >= 11 is 0. The second-order valence-electron chi connectivity index (χ2n) is 7.36. The molecule has 0 aromatic carbocycles. The summed E-state index contributed by atoms with van der Waals surface area (Å²) in [5.41, 5.74) is 0. The van der Waals surface area contributed by atoms with E-state index in [1.165, 1.54) is 0 Å². The van der Waals surface area contributed by atoms with Crippen molar-refractivity contribution in [3.63, 3.8) is 0 Å². The average Bonchev–Trinajstić information content (AvgIpc) is 2.97. The Morgan fingerprint density at radius 3 is 2.70 bits per heavy atom. The minimum Gasteiger partial charge on any atom is -0.479 e. The number of Topliss-reactive ketones (excluding diaryl/α,β-unsaturated/α-hetero) is 1. The zero-order chi connectivity index (χ0) is 20.2. The van der Waals surface area contributed by atoms with Crippen LogP contribution in [0.2, 0.25) is 0 Å². The van der Waals surface area contributed by atoms with E-state index in [4.69, 9.17) is 5.11 Å². The third kappa shape index (κ3) is 8.65. The van der Waals surface area contributed by atoms with E-state index in [1.54, 1.807) is 0 Å². The van der Waals surface area contributed by atoms with Gasteiger partial charge >= 0.3 is 5.97 Å². The summed E-state index contributed by atoms with van der Waals surface area (Å²) in [6.07, 6.45) is 12.5. The molecular weight excluding hydrogens is 347 g/mol. The van der Waals surface area contributed by atoms with Crippen LogP contribution in [0.4, 0.5) is 4.39 Å². The number of hydrogen-bond acceptors (Lipinski definition) is 3. The Labute approximate surface area is 161 Å². The van der Waals surface area contributed by atoms with Crippen molar-refractivity contribution in [3.8, 4) is 0 Å². The van der Waals surface area contributed by atoms with Gasteiger partial charge in [0.15, 0.2) is 6.10 Å². The molecule has 0 aromatic heterocycles. The summed E-state index contributed by atoms with van der Waals surface area (Å²) in [5.74, 6) is -1.27. The summed E-state index contributed by atoms with van der Waals surface area (Å²) in [4.78, 5) is 22.7. The number of aliphatic hydroxyl groups excluding tert-OH is 1. The SMILES string of the molecule is C=C(F)[C@@H](CC=C[C@H]1CCC(=O)[C@@H]1CC=CCCC(O)C(=O)O)CCCC. The lowest BCUT2D eigenvalue weighted by Gasteiger charge is -2.14. The molecule has 2 N–H and O–H groups in total. The minimum atomic E-state index is -1.34. The second kappa shape index (κ2) is 12.6. The van der Waals surface area contributed by atoms with Crippen molar-refractivity contribution in [1.82, 2.24) is 0 Å². The predicted octanol–water partition coefficient (Wildman–Crippen LogP) is 4.99. The molecule has 1 aliphatic rings. The highest BCUT2D eigenvalue weighted by molar-refractivity contribution is 5.83. The zero-order valence-electron chi connectivity index (χ0n) is 16.3. The van der Waals surface area contributed by atoms with Gasteiger partial charge in [-0.2, -0.15) is 0 Å². The topological polar surface area (TPSA) is 74.6 Å². The van der Waals surface area contributed by atoms with Crippen molar-refractivity contribution in [2.45, 2.75) is 70.8 Å². The maximum Gasteiger partial charge on any atom is 0.332 e. The molecule has 27 heavy (non-hydrogen) atoms. The lowest BCUT2D eigenvalue weighted by atomic mass is 9.90. The molecule has 0 aromatic rings. The van der Waals surface area contributed by atoms with E-state index in [0.29, 0.717) is 25.7 Å². The summed E-state index contributed by atoms with van der Waals surface area (Å²) in [6, 6.07) is 0. The average molecular weight is 381 g/mol. The molecule has 0 heterocycles. The Morgan fingerprint density at radius 2 is 2.07 bits per heavy atom. The molecular formula is C22H33FO4. The van der Waals surface area contributed by atoms with Crippen LogP contribution in [0.1, 0.15) is 64.7 Å². The van der Waals surface area contributed by atoms with Crippen LogP contribution in [0.15, 0.2) is 36.7 Å². The van der Waals surface area contributed by atoms with Gasteiger partial charge < -0.3 is 10.2 Å². The molecule has 5 heteroatoms. The van der Waals surface area contributed by atoms with E-state index in [9.17, 15) is 19.1 Å². The quantitative estimate of drug-likeness (QED) is 0.441. The van der Waals surface area contributed by atoms with Gasteiger partial charge in [0.2, 0.25) is 0 Å². The van der Waals surface area contributed by atoms with Crippen LogP contribution >= 0.6 is 0 Å². The number of halogens is 1. The first kappa shape index (κ1) is 23.3. The molecule has 0 radical (unpaired) electrons. The third-order valence-corrected chi connectivity index (χ3v) is 5.26. The normalized spacial score (nSPS) is 22.6. The number of hydrogen-bond donors (Lipinski definition) is 2. The molecule has 0 spiro atoms. The van der Waals surface area contributed by atoms with Crippen LogP contribution in [-0.2, 0) is 9.59 Å². The Bertz CT molecular complexity index is 553. The summed E-state index contributed by atoms with van der Waals surface area (Å²) in [7, 11) is 0. The number of ketones is 1. The first-order valence-electron chi connectivity index (χ1n) is 9.96. The van der Waals surface area contributed by atoms with E-state index < -0.39 is 12.1 Å². The van der Waals surface area contributed by atoms with Gasteiger partial charge in [0.1, 0.15) is 5.78 Å². The Balaban J connectivity index is 2.48. The standard InChI is InChI=1S/C22H33FO4/c1-3-4-9-17(16(2)23)10-8-11-18-14-15-20(24)19(18)12-6-5-7-13-21(25)22(26)27/h5-6,8,11,17-19,21,25H,2-4,7,9-10,12-15H2,1H3,(H,26,27)/t17-,18+,19-,21?/m1/s1. The van der Waals surface area contributed by atoms with Gasteiger partial charge in [-0.3, -0.25) is 4.79 Å². The number of allylic oxidation sites excluding steroid dienone is 5. The van der Waals surface area contributed by atoms with Crippen LogP contribution in [-0.4, -0.2) is 28.1 Å². The number of carboxylic acids is 1. The molecule has 1 unspecified atom stereocenters. The molecule has 0 amide bonds. The van der Waals surface area contributed by atoms with Crippen molar-refractivity contribution in [3.05, 3.63) is 36.7 Å². The Morgan fingerprint density at radius 1 is 1.33 bits per heavy atom. The van der Waals surface area contributed by atoms with Gasteiger partial charge in [-0.25, -0.2) is 9.18 Å². The molecule has 152 valence electrons. The summed E-state index contributed by atoms with van der Waals surface area (Å²) in [5, 5.41) is 17.9. The third-order valence-electron chi connectivity index (χ3n) is 5.26. The van der Waals surface area contributed by atoms with Gasteiger partial charge in [-0.15, -0.1) is 0 Å². The molecule has 4 atom stereocenters. The number of carbonyl (C=O) groups is 2. The van der Waals surface area contributed by atoms with Crippen LogP contribution < -0.4 is 0 Å². The highest BCUT2D eigenvalue weighted by atomic mass is 19.1. The fourth-order valence-electron chi connectivity index (χ4n) is 3.48. The van der Waals surface area contributed by atoms with Gasteiger partial charge in [0.25, 0.3) is 0 Å².